The molecule has 0 unspecified atom stereocenters. The fourth-order valence-electron chi connectivity index (χ4n) is 2.90. The van der Waals surface area contributed by atoms with Crippen molar-refractivity contribution in [3.63, 3.8) is 0 Å². The van der Waals surface area contributed by atoms with Crippen LogP contribution in [0.2, 0.25) is 0 Å². The number of carbonyl (C=O) groups is 1. The zero-order valence-corrected chi connectivity index (χ0v) is 13.2. The summed E-state index contributed by atoms with van der Waals surface area (Å²) in [7, 11) is 0. The second-order valence-electron chi connectivity index (χ2n) is 5.71. The average molecular weight is 327 g/mol. The van der Waals surface area contributed by atoms with E-state index in [-0.39, 0.29) is 17.4 Å². The number of nitrogens with one attached hydrogen (secondary N) is 2. The minimum absolute atomic E-state index is 0.0513. The first-order valence-electron chi connectivity index (χ1n) is 7.78. The number of carbonyl (C=O) groups excluding carboxylic acids is 1. The van der Waals surface area contributed by atoms with E-state index >= 15 is 0 Å². The Morgan fingerprint density at radius 1 is 1.29 bits per heavy atom. The minimum Gasteiger partial charge on any atom is -0.336 e. The Labute approximate surface area is 136 Å². The maximum absolute atomic E-state index is 12.7. The van der Waals surface area contributed by atoms with Gasteiger partial charge in [0.15, 0.2) is 0 Å². The number of hydrogen-bond acceptors (Lipinski definition) is 5. The summed E-state index contributed by atoms with van der Waals surface area (Å²) in [6, 6.07) is 3.43. The van der Waals surface area contributed by atoms with E-state index < -0.39 is 0 Å². The highest BCUT2D eigenvalue weighted by atomic mass is 16.2. The van der Waals surface area contributed by atoms with Crippen LogP contribution in [0.25, 0.3) is 11.5 Å². The first-order chi connectivity index (χ1) is 11.6. The predicted molar refractivity (Wildman–Crippen MR) is 86.4 cm³/mol. The van der Waals surface area contributed by atoms with Gasteiger partial charge in [-0.3, -0.25) is 14.6 Å². The lowest BCUT2D eigenvalue weighted by Crippen LogP contribution is -2.46. The van der Waals surface area contributed by atoms with Gasteiger partial charge in [0.1, 0.15) is 5.52 Å². The SMILES string of the molecule is Cc1c(C(=O)N2CCNCC2)cnn1-c1nn2cccc2c(=O)[nH]1. The minimum atomic E-state index is -0.255. The zero-order valence-electron chi connectivity index (χ0n) is 13.2. The molecule has 9 nitrogen and oxygen atoms in total. The fourth-order valence-corrected chi connectivity index (χ4v) is 2.90. The summed E-state index contributed by atoms with van der Waals surface area (Å²) in [6.07, 6.45) is 3.22. The van der Waals surface area contributed by atoms with Gasteiger partial charge in [-0.2, -0.15) is 5.10 Å². The molecular weight excluding hydrogens is 310 g/mol. The van der Waals surface area contributed by atoms with E-state index in [9.17, 15) is 9.59 Å². The van der Waals surface area contributed by atoms with Crippen LogP contribution in [0, 0.1) is 6.92 Å². The molecule has 4 heterocycles. The van der Waals surface area contributed by atoms with Crippen LogP contribution < -0.4 is 10.9 Å². The summed E-state index contributed by atoms with van der Waals surface area (Å²) in [4.78, 5) is 29.2. The Morgan fingerprint density at radius 3 is 2.88 bits per heavy atom. The summed E-state index contributed by atoms with van der Waals surface area (Å²) < 4.78 is 2.98. The number of aromatic amines is 1. The topological polar surface area (TPSA) is 100 Å². The molecule has 1 aliphatic heterocycles. The highest BCUT2D eigenvalue weighted by Crippen LogP contribution is 2.13. The third-order valence-electron chi connectivity index (χ3n) is 4.23. The predicted octanol–water partition coefficient (Wildman–Crippen LogP) is -0.438. The third kappa shape index (κ3) is 2.29. The lowest BCUT2D eigenvalue weighted by Gasteiger charge is -2.27. The van der Waals surface area contributed by atoms with Crippen molar-refractivity contribution in [3.05, 3.63) is 46.1 Å². The van der Waals surface area contributed by atoms with E-state index in [0.717, 1.165) is 13.1 Å². The molecule has 4 rings (SSSR count). The standard InChI is InChI=1S/C15H17N7O2/c1-10-11(14(24)20-7-4-16-5-8-20)9-17-22(10)15-18-13(23)12-3-2-6-21(12)19-15/h2-3,6,9,16H,4-5,7-8H2,1H3,(H,18,19,23). The van der Waals surface area contributed by atoms with Crippen molar-refractivity contribution in [2.24, 2.45) is 0 Å². The molecule has 0 saturated carbocycles. The van der Waals surface area contributed by atoms with Gasteiger partial charge in [-0.25, -0.2) is 9.20 Å². The molecule has 1 saturated heterocycles. The molecule has 0 aliphatic carbocycles. The van der Waals surface area contributed by atoms with E-state index in [2.05, 4.69) is 20.5 Å². The molecule has 0 aromatic carbocycles. The van der Waals surface area contributed by atoms with Gasteiger partial charge in [0.25, 0.3) is 11.5 Å². The van der Waals surface area contributed by atoms with Crippen LogP contribution in [0.3, 0.4) is 0 Å². The molecule has 3 aromatic heterocycles. The van der Waals surface area contributed by atoms with Gasteiger partial charge in [0, 0.05) is 32.4 Å². The Morgan fingerprint density at radius 2 is 2.08 bits per heavy atom. The number of fused-ring (bicyclic) bond motifs is 1. The first-order valence-corrected chi connectivity index (χ1v) is 7.78. The molecule has 0 spiro atoms. The normalized spacial score (nSPS) is 15.1. The molecule has 9 heteroatoms. The second kappa shape index (κ2) is 5.60. The van der Waals surface area contributed by atoms with Crippen LogP contribution in [0.1, 0.15) is 16.1 Å². The van der Waals surface area contributed by atoms with Crippen LogP contribution in [-0.2, 0) is 0 Å². The van der Waals surface area contributed by atoms with Crippen molar-refractivity contribution in [2.75, 3.05) is 26.2 Å². The van der Waals surface area contributed by atoms with Crippen LogP contribution in [-0.4, -0.2) is 61.4 Å². The summed E-state index contributed by atoms with van der Waals surface area (Å²) >= 11 is 0. The molecule has 1 amide bonds. The van der Waals surface area contributed by atoms with Gasteiger partial charge in [0.05, 0.1) is 17.5 Å². The van der Waals surface area contributed by atoms with Crippen LogP contribution in [0.4, 0.5) is 0 Å². The van der Waals surface area contributed by atoms with Crippen LogP contribution in [0.15, 0.2) is 29.3 Å². The number of aromatic nitrogens is 5. The number of H-pyrrole nitrogens is 1. The maximum atomic E-state index is 12.7. The Hall–Kier alpha value is -2.94. The number of rotatable bonds is 2. The van der Waals surface area contributed by atoms with E-state index in [0.29, 0.717) is 29.9 Å². The largest absolute Gasteiger partial charge is 0.336 e. The number of nitrogens with zero attached hydrogens (tertiary/aromatic N) is 5. The number of amides is 1. The molecule has 2 N–H and O–H groups in total. The van der Waals surface area contributed by atoms with Gasteiger partial charge in [-0.05, 0) is 19.1 Å². The summed E-state index contributed by atoms with van der Waals surface area (Å²) in [5, 5.41) is 11.8. The molecule has 0 atom stereocenters. The number of hydrogen-bond donors (Lipinski definition) is 2. The third-order valence-corrected chi connectivity index (χ3v) is 4.23. The van der Waals surface area contributed by atoms with Gasteiger partial charge < -0.3 is 10.2 Å². The molecular formula is C15H17N7O2. The Kier molecular flexibility index (Phi) is 3.42. The van der Waals surface area contributed by atoms with Gasteiger partial charge in [-0.1, -0.05) is 0 Å². The smallest absolute Gasteiger partial charge is 0.276 e. The Balaban J connectivity index is 1.73. The highest BCUT2D eigenvalue weighted by molar-refractivity contribution is 5.95. The van der Waals surface area contributed by atoms with Crippen molar-refractivity contribution >= 4 is 11.4 Å². The summed E-state index contributed by atoms with van der Waals surface area (Å²) in [5.41, 5.74) is 1.37. The molecule has 3 aromatic rings. The van der Waals surface area contributed by atoms with Crippen LogP contribution in [0.5, 0.6) is 0 Å². The van der Waals surface area contributed by atoms with Gasteiger partial charge in [0.2, 0.25) is 5.95 Å². The quantitative estimate of drug-likeness (QED) is 0.665. The molecule has 124 valence electrons. The molecule has 1 aliphatic rings. The summed E-state index contributed by atoms with van der Waals surface area (Å²) in [5.74, 6) is 0.227. The summed E-state index contributed by atoms with van der Waals surface area (Å²) in [6.45, 7) is 4.72. The molecule has 0 bridgehead atoms. The maximum Gasteiger partial charge on any atom is 0.276 e. The van der Waals surface area contributed by atoms with Gasteiger partial charge >= 0.3 is 0 Å². The van der Waals surface area contributed by atoms with Crippen molar-refractivity contribution in [3.8, 4) is 5.95 Å². The van der Waals surface area contributed by atoms with Crippen LogP contribution >= 0.6 is 0 Å². The van der Waals surface area contributed by atoms with Gasteiger partial charge in [-0.15, -0.1) is 5.10 Å². The molecule has 1 fully saturated rings. The average Bonchev–Trinajstić information content (AvgIpc) is 3.21. The first kappa shape index (κ1) is 14.6. The van der Waals surface area contributed by atoms with E-state index in [1.54, 1.807) is 30.2 Å². The second-order valence-corrected chi connectivity index (χ2v) is 5.71. The molecule has 24 heavy (non-hydrogen) atoms. The van der Waals surface area contributed by atoms with E-state index in [4.69, 9.17) is 0 Å². The zero-order chi connectivity index (χ0) is 16.7. The Bertz CT molecular complexity index is 962. The van der Waals surface area contributed by atoms with E-state index in [1.165, 1.54) is 15.4 Å². The highest BCUT2D eigenvalue weighted by Gasteiger charge is 2.23. The van der Waals surface area contributed by atoms with Crippen molar-refractivity contribution in [1.82, 2.24) is 34.6 Å². The fraction of sp³-hybridized carbons (Fsp3) is 0.333. The molecule has 0 radical (unpaired) electrons. The van der Waals surface area contributed by atoms with E-state index in [1.807, 2.05) is 0 Å². The monoisotopic (exact) mass is 327 g/mol. The number of piperazine rings is 1. The van der Waals surface area contributed by atoms with Crippen molar-refractivity contribution in [2.45, 2.75) is 6.92 Å². The lowest BCUT2D eigenvalue weighted by atomic mass is 10.2. The van der Waals surface area contributed by atoms with Crippen molar-refractivity contribution < 1.29 is 4.79 Å². The lowest BCUT2D eigenvalue weighted by molar-refractivity contribution is 0.0735. The van der Waals surface area contributed by atoms with Crippen molar-refractivity contribution in [1.29, 1.82) is 0 Å².